The summed E-state index contributed by atoms with van der Waals surface area (Å²) in [5.74, 6) is -0.346. The number of amides is 3. The van der Waals surface area contributed by atoms with E-state index in [1.165, 1.54) is 0 Å². The van der Waals surface area contributed by atoms with Crippen molar-refractivity contribution >= 4 is 17.7 Å². The third-order valence-corrected chi connectivity index (χ3v) is 6.06. The van der Waals surface area contributed by atoms with Crippen molar-refractivity contribution in [3.63, 3.8) is 0 Å². The topological polar surface area (TPSA) is 91.0 Å². The number of nitrogens with zero attached hydrogens (tertiary/aromatic N) is 2. The molecule has 0 unspecified atom stereocenters. The van der Waals surface area contributed by atoms with E-state index in [1.807, 2.05) is 53.6 Å². The Kier molecular flexibility index (Phi) is 12.9. The van der Waals surface area contributed by atoms with Crippen molar-refractivity contribution in [2.24, 2.45) is 17.8 Å². The fraction of sp³-hybridized carbons (Fsp3) is 0.870. The minimum absolute atomic E-state index is 0. The first-order valence-electron chi connectivity index (χ1n) is 11.3. The highest BCUT2D eigenvalue weighted by molar-refractivity contribution is 5.90. The fourth-order valence-corrected chi connectivity index (χ4v) is 4.12. The van der Waals surface area contributed by atoms with Crippen LogP contribution in [0.25, 0.3) is 0 Å². The number of nitrogens with one attached hydrogen (secondary N) is 2. The van der Waals surface area contributed by atoms with E-state index in [4.69, 9.17) is 4.74 Å². The number of hydrogen-bond donors (Lipinski definition) is 2. The molecule has 0 bridgehead atoms. The molecule has 0 saturated carbocycles. The van der Waals surface area contributed by atoms with Crippen LogP contribution in [0.4, 0.5) is 0 Å². The van der Waals surface area contributed by atoms with E-state index >= 15 is 0 Å². The molecular formula is C23H48N4O4. The second-order valence-corrected chi connectivity index (χ2v) is 9.36. The minimum Gasteiger partial charge on any atom is -0.379 e. The number of carbonyl (C=O) groups is 3. The molecule has 3 amide bonds. The van der Waals surface area contributed by atoms with Crippen LogP contribution in [0.2, 0.25) is 0 Å². The molecule has 0 aromatic carbocycles. The van der Waals surface area contributed by atoms with Crippen molar-refractivity contribution in [3.05, 3.63) is 0 Å². The molecule has 8 heteroatoms. The third-order valence-electron chi connectivity index (χ3n) is 6.06. The summed E-state index contributed by atoms with van der Waals surface area (Å²) in [5, 5.41) is 5.62. The molecule has 0 aromatic heterocycles. The van der Waals surface area contributed by atoms with Crippen molar-refractivity contribution in [1.29, 1.82) is 0 Å². The van der Waals surface area contributed by atoms with Crippen LogP contribution in [0.5, 0.6) is 0 Å². The zero-order chi connectivity index (χ0) is 24.5. The largest absolute Gasteiger partial charge is 0.379 e. The van der Waals surface area contributed by atoms with E-state index in [-0.39, 0.29) is 55.4 Å². The predicted octanol–water partition coefficient (Wildman–Crippen LogP) is 1.98. The molecule has 5 atom stereocenters. The van der Waals surface area contributed by atoms with Gasteiger partial charge in [-0.3, -0.25) is 19.3 Å². The lowest BCUT2D eigenvalue weighted by molar-refractivity contribution is -0.144. The molecule has 184 valence electrons. The molecule has 0 rings (SSSR count). The van der Waals surface area contributed by atoms with E-state index in [0.717, 1.165) is 6.42 Å². The van der Waals surface area contributed by atoms with E-state index in [9.17, 15) is 14.4 Å². The molecule has 8 nitrogen and oxygen atoms in total. The van der Waals surface area contributed by atoms with Crippen LogP contribution in [-0.2, 0) is 19.1 Å². The van der Waals surface area contributed by atoms with Crippen LogP contribution < -0.4 is 10.6 Å². The quantitative estimate of drug-likeness (QED) is 0.453. The Hall–Kier alpha value is -1.67. The van der Waals surface area contributed by atoms with Gasteiger partial charge in [-0.05, 0) is 31.8 Å². The van der Waals surface area contributed by atoms with Crippen LogP contribution in [0.1, 0.15) is 55.8 Å². The predicted molar refractivity (Wildman–Crippen MR) is 127 cm³/mol. The normalized spacial score (nSPS) is 16.6. The Morgan fingerprint density at radius 2 is 1.55 bits per heavy atom. The van der Waals surface area contributed by atoms with Gasteiger partial charge in [0.15, 0.2) is 0 Å². The Labute approximate surface area is 190 Å². The second-order valence-electron chi connectivity index (χ2n) is 9.36. The Morgan fingerprint density at radius 1 is 1.00 bits per heavy atom. The summed E-state index contributed by atoms with van der Waals surface area (Å²) >= 11 is 0. The molecule has 2 N–H and O–H groups in total. The molecule has 0 aliphatic carbocycles. The van der Waals surface area contributed by atoms with Gasteiger partial charge < -0.3 is 20.3 Å². The summed E-state index contributed by atoms with van der Waals surface area (Å²) in [5.41, 5.74) is 0. The molecule has 31 heavy (non-hydrogen) atoms. The van der Waals surface area contributed by atoms with Crippen molar-refractivity contribution < 1.29 is 20.5 Å². The van der Waals surface area contributed by atoms with Gasteiger partial charge in [-0.25, -0.2) is 0 Å². The number of methoxy groups -OCH3 is 1. The molecule has 0 fully saturated rings. The summed E-state index contributed by atoms with van der Waals surface area (Å²) in [6, 6.07) is -1.29. The molecule has 0 heterocycles. The van der Waals surface area contributed by atoms with E-state index in [1.54, 1.807) is 26.1 Å². The average molecular weight is 445 g/mol. The fourth-order valence-electron chi connectivity index (χ4n) is 4.12. The van der Waals surface area contributed by atoms with Crippen LogP contribution in [0.15, 0.2) is 0 Å². The highest BCUT2D eigenvalue weighted by Gasteiger charge is 2.38. The van der Waals surface area contributed by atoms with Gasteiger partial charge >= 0.3 is 0 Å². The SMILES string of the molecule is CC[C@H](C)[C@@H]([C@@H](CC(=O)NC)OC)N(C)C(=O)[C@@H](NC(=O)[C@H](C(C)C)N(C)C)C(C)C.[HH]. The summed E-state index contributed by atoms with van der Waals surface area (Å²) in [6.45, 7) is 11.9. The molecule has 0 radical (unpaired) electrons. The van der Waals surface area contributed by atoms with Crippen molar-refractivity contribution in [1.82, 2.24) is 20.4 Å². The van der Waals surface area contributed by atoms with Crippen molar-refractivity contribution in [2.75, 3.05) is 35.3 Å². The zero-order valence-corrected chi connectivity index (χ0v) is 21.5. The molecule has 0 saturated heterocycles. The van der Waals surface area contributed by atoms with Gasteiger partial charge in [-0.2, -0.15) is 0 Å². The Morgan fingerprint density at radius 3 is 1.90 bits per heavy atom. The molecule has 0 aliphatic rings. The number of hydrogen-bond acceptors (Lipinski definition) is 5. The molecule has 0 spiro atoms. The maximum absolute atomic E-state index is 13.6. The van der Waals surface area contributed by atoms with Gasteiger partial charge in [0.25, 0.3) is 0 Å². The number of rotatable bonds is 13. The van der Waals surface area contributed by atoms with E-state index in [2.05, 4.69) is 17.6 Å². The first-order valence-corrected chi connectivity index (χ1v) is 11.3. The second kappa shape index (κ2) is 13.7. The summed E-state index contributed by atoms with van der Waals surface area (Å²) in [4.78, 5) is 42.1. The lowest BCUT2D eigenvalue weighted by Gasteiger charge is -2.40. The summed E-state index contributed by atoms with van der Waals surface area (Å²) in [7, 11) is 8.62. The first kappa shape index (κ1) is 29.3. The number of likely N-dealkylation sites (N-methyl/N-ethyl adjacent to an activating group) is 2. The van der Waals surface area contributed by atoms with Gasteiger partial charge in [-0.1, -0.05) is 48.0 Å². The van der Waals surface area contributed by atoms with Crippen LogP contribution in [0, 0.1) is 17.8 Å². The highest BCUT2D eigenvalue weighted by atomic mass is 16.5. The van der Waals surface area contributed by atoms with Gasteiger partial charge in [-0.15, -0.1) is 0 Å². The average Bonchev–Trinajstić information content (AvgIpc) is 2.69. The van der Waals surface area contributed by atoms with Gasteiger partial charge in [0.1, 0.15) is 6.04 Å². The molecule has 0 aliphatic heterocycles. The highest BCUT2D eigenvalue weighted by Crippen LogP contribution is 2.23. The Bertz CT molecular complexity index is 578. The number of ether oxygens (including phenoxy) is 1. The molecular weight excluding hydrogens is 396 g/mol. The zero-order valence-electron chi connectivity index (χ0n) is 21.5. The van der Waals surface area contributed by atoms with Gasteiger partial charge in [0.2, 0.25) is 17.7 Å². The molecule has 0 aromatic rings. The van der Waals surface area contributed by atoms with Crippen molar-refractivity contribution in [3.8, 4) is 0 Å². The van der Waals surface area contributed by atoms with Gasteiger partial charge in [0.05, 0.1) is 24.6 Å². The first-order chi connectivity index (χ1) is 14.3. The lowest BCUT2D eigenvalue weighted by atomic mass is 9.89. The van der Waals surface area contributed by atoms with Crippen LogP contribution in [0.3, 0.4) is 0 Å². The summed E-state index contributed by atoms with van der Waals surface area (Å²) < 4.78 is 5.65. The van der Waals surface area contributed by atoms with E-state index < -0.39 is 12.1 Å². The van der Waals surface area contributed by atoms with Crippen molar-refractivity contribution in [2.45, 2.75) is 78.6 Å². The number of carbonyl (C=O) groups excluding carboxylic acids is 3. The lowest BCUT2D eigenvalue weighted by Crippen LogP contribution is -2.59. The maximum Gasteiger partial charge on any atom is 0.245 e. The minimum atomic E-state index is -0.664. The van der Waals surface area contributed by atoms with Crippen LogP contribution >= 0.6 is 0 Å². The standard InChI is InChI=1S/C23H46N4O4.H2/c1-12-16(6)21(17(31-11)13-18(28)24-7)27(10)23(30)19(14(2)3)25-22(29)20(15(4)5)26(8)9;/h14-17,19-21H,12-13H2,1-11H3,(H,24,28)(H,25,29);1H/t16-,17+,19-,20-,21-;/m0./s1. The summed E-state index contributed by atoms with van der Waals surface area (Å²) in [6.07, 6.45) is 0.538. The Balaban J connectivity index is 0. The smallest absolute Gasteiger partial charge is 0.245 e. The maximum atomic E-state index is 13.6. The van der Waals surface area contributed by atoms with Gasteiger partial charge in [0, 0.05) is 22.6 Å². The monoisotopic (exact) mass is 444 g/mol. The van der Waals surface area contributed by atoms with E-state index in [0.29, 0.717) is 0 Å². The third kappa shape index (κ3) is 8.41. The van der Waals surface area contributed by atoms with Crippen LogP contribution in [-0.4, -0.2) is 87.1 Å².